The zero-order valence-electron chi connectivity index (χ0n) is 5.30. The number of primary amides is 1. The number of hydrogen-bond acceptors (Lipinski definition) is 5. The Morgan fingerprint density at radius 3 is 1.82 bits per heavy atom. The van der Waals surface area contributed by atoms with Crippen molar-refractivity contribution in [3.05, 3.63) is 12.7 Å². The van der Waals surface area contributed by atoms with E-state index in [4.69, 9.17) is 18.2 Å². The monoisotopic (exact) mass is 185 g/mol. The Balaban J connectivity index is 0. The molecule has 0 saturated carbocycles. The van der Waals surface area contributed by atoms with E-state index < -0.39 is 16.3 Å². The fourth-order valence-corrected chi connectivity index (χ4v) is 0. The number of amides is 1. The van der Waals surface area contributed by atoms with E-state index in [0.717, 1.165) is 6.08 Å². The molecule has 0 fully saturated rings. The second kappa shape index (κ2) is 5.80. The lowest BCUT2D eigenvalue weighted by molar-refractivity contribution is -0.139. The topological polar surface area (TPSA) is 127 Å². The van der Waals surface area contributed by atoms with Crippen LogP contribution >= 0.6 is 0 Å². The molecule has 0 saturated heterocycles. The maximum absolute atomic E-state index is 9.47. The summed E-state index contributed by atoms with van der Waals surface area (Å²) in [6.45, 7) is 3.09. The van der Waals surface area contributed by atoms with Gasteiger partial charge in [-0.1, -0.05) is 10.9 Å². The summed E-state index contributed by atoms with van der Waals surface area (Å²) in [5.74, 6) is -0.481. The molecule has 0 aliphatic rings. The normalized spacial score (nSPS) is 9.27. The van der Waals surface area contributed by atoms with Gasteiger partial charge in [-0.15, -0.1) is 0 Å². The first kappa shape index (κ1) is 12.7. The van der Waals surface area contributed by atoms with Crippen LogP contribution in [0.3, 0.4) is 0 Å². The van der Waals surface area contributed by atoms with Crippen LogP contribution in [0.4, 0.5) is 0 Å². The molecule has 0 atom stereocenters. The minimum absolute atomic E-state index is 0.481. The van der Waals surface area contributed by atoms with Gasteiger partial charge in [-0.25, -0.2) is 5.26 Å². The minimum Gasteiger partial charge on any atom is -0.366 e. The van der Waals surface area contributed by atoms with Crippen molar-refractivity contribution in [2.24, 2.45) is 5.73 Å². The summed E-state index contributed by atoms with van der Waals surface area (Å²) >= 11 is 0. The van der Waals surface area contributed by atoms with E-state index in [1.54, 1.807) is 0 Å². The van der Waals surface area contributed by atoms with E-state index in [-0.39, 0.29) is 0 Å². The van der Waals surface area contributed by atoms with Crippen molar-refractivity contribution in [1.29, 1.82) is 0 Å². The molecule has 11 heavy (non-hydrogen) atoms. The molecule has 66 valence electrons. The Hall–Kier alpha value is -0.960. The Bertz CT molecular complexity index is 218. The fourth-order valence-electron chi connectivity index (χ4n) is 0. The van der Waals surface area contributed by atoms with Crippen LogP contribution in [0.2, 0.25) is 0 Å². The molecule has 0 unspecified atom stereocenters. The molecule has 0 aromatic rings. The van der Waals surface area contributed by atoms with Crippen LogP contribution in [0.5, 0.6) is 0 Å². The van der Waals surface area contributed by atoms with Gasteiger partial charge in [0.05, 0.1) is 0 Å². The van der Waals surface area contributed by atoms with Gasteiger partial charge < -0.3 is 5.73 Å². The first-order valence-corrected chi connectivity index (χ1v) is 3.42. The van der Waals surface area contributed by atoms with Gasteiger partial charge in [-0.2, -0.15) is 8.42 Å². The highest BCUT2D eigenvalue weighted by atomic mass is 32.3. The molecule has 7 nitrogen and oxygen atoms in total. The number of hydrogen-bond donors (Lipinski definition) is 3. The van der Waals surface area contributed by atoms with Crippen molar-refractivity contribution in [3.8, 4) is 0 Å². The van der Waals surface area contributed by atoms with Crippen molar-refractivity contribution in [3.63, 3.8) is 0 Å². The summed E-state index contributed by atoms with van der Waals surface area (Å²) in [4.78, 5) is 9.47. The van der Waals surface area contributed by atoms with Crippen molar-refractivity contribution in [2.75, 3.05) is 0 Å². The highest BCUT2D eigenvalue weighted by Gasteiger charge is 1.97. The third kappa shape index (κ3) is 27.5. The summed E-state index contributed by atoms with van der Waals surface area (Å²) in [5.41, 5.74) is 4.53. The van der Waals surface area contributed by atoms with Gasteiger partial charge in [0, 0.05) is 0 Å². The van der Waals surface area contributed by atoms with Crippen LogP contribution in [0.1, 0.15) is 0 Å². The zero-order chi connectivity index (χ0) is 9.49. The molecule has 0 heterocycles. The maximum atomic E-state index is 9.47. The lowest BCUT2D eigenvalue weighted by atomic mass is 10.6. The second-order valence-corrected chi connectivity index (χ2v) is 2.11. The SMILES string of the molecule is C=CC(N)=O.O=S(=O)(O)OO. The van der Waals surface area contributed by atoms with Gasteiger partial charge in [0.15, 0.2) is 0 Å². The van der Waals surface area contributed by atoms with Gasteiger partial charge in [0.2, 0.25) is 5.91 Å². The predicted octanol–water partition coefficient (Wildman–Crippen LogP) is -1.06. The van der Waals surface area contributed by atoms with E-state index in [2.05, 4.69) is 16.6 Å². The predicted molar refractivity (Wildman–Crippen MR) is 34.7 cm³/mol. The summed E-state index contributed by atoms with van der Waals surface area (Å²) in [6, 6.07) is 0. The molecule has 0 aliphatic heterocycles. The third-order valence-corrected chi connectivity index (χ3v) is 0.484. The Morgan fingerprint density at radius 1 is 1.64 bits per heavy atom. The highest BCUT2D eigenvalue weighted by molar-refractivity contribution is 7.80. The van der Waals surface area contributed by atoms with Gasteiger partial charge >= 0.3 is 10.4 Å². The van der Waals surface area contributed by atoms with E-state index in [1.165, 1.54) is 0 Å². The summed E-state index contributed by atoms with van der Waals surface area (Å²) in [5, 5.41) is 7.06. The first-order valence-electron chi connectivity index (χ1n) is 2.05. The molecule has 0 bridgehead atoms. The zero-order valence-corrected chi connectivity index (χ0v) is 6.11. The Morgan fingerprint density at radius 2 is 1.82 bits per heavy atom. The summed E-state index contributed by atoms with van der Waals surface area (Å²) in [6.07, 6.45) is 1.06. The molecule has 1 amide bonds. The largest absolute Gasteiger partial charge is 0.423 e. The van der Waals surface area contributed by atoms with E-state index in [9.17, 15) is 4.79 Å². The minimum atomic E-state index is -4.61. The molecular weight excluding hydrogens is 178 g/mol. The van der Waals surface area contributed by atoms with E-state index >= 15 is 0 Å². The maximum Gasteiger partial charge on any atom is 0.423 e. The molecule has 8 heteroatoms. The van der Waals surface area contributed by atoms with E-state index in [0.29, 0.717) is 0 Å². The van der Waals surface area contributed by atoms with Crippen molar-refractivity contribution in [1.82, 2.24) is 0 Å². The molecule has 0 aromatic carbocycles. The van der Waals surface area contributed by atoms with Gasteiger partial charge in [-0.05, 0) is 6.08 Å². The van der Waals surface area contributed by atoms with Crippen molar-refractivity contribution in [2.45, 2.75) is 0 Å². The van der Waals surface area contributed by atoms with Crippen LogP contribution in [-0.2, 0) is 19.5 Å². The number of nitrogens with two attached hydrogens (primary N) is 1. The Labute approximate surface area is 63.0 Å². The first-order chi connectivity index (χ1) is 4.83. The number of rotatable bonds is 2. The average Bonchev–Trinajstić information content (AvgIpc) is 1.88. The number of carbonyl (C=O) groups is 1. The lowest BCUT2D eigenvalue weighted by Gasteiger charge is -1.79. The molecule has 0 aliphatic carbocycles. The third-order valence-electron chi connectivity index (χ3n) is 0.295. The highest BCUT2D eigenvalue weighted by Crippen LogP contribution is 1.74. The molecule has 0 spiro atoms. The molecule has 0 aromatic heterocycles. The fraction of sp³-hybridized carbons (Fsp3) is 0. The van der Waals surface area contributed by atoms with Gasteiger partial charge in [0.1, 0.15) is 0 Å². The number of carbonyl (C=O) groups excluding carboxylic acids is 1. The average molecular weight is 185 g/mol. The van der Waals surface area contributed by atoms with Crippen molar-refractivity contribution < 1.29 is 27.4 Å². The van der Waals surface area contributed by atoms with Gasteiger partial charge in [0.25, 0.3) is 0 Å². The van der Waals surface area contributed by atoms with E-state index in [1.807, 2.05) is 0 Å². The van der Waals surface area contributed by atoms with Crippen LogP contribution in [0.25, 0.3) is 0 Å². The van der Waals surface area contributed by atoms with Crippen LogP contribution in [0.15, 0.2) is 12.7 Å². The standard InChI is InChI=1S/C3H5NO.H2O5S/c1-2-3(4)5;1-5-6(2,3)4/h2H,1H2,(H2,4,5);1H,(H,2,3,4). The second-order valence-electron chi connectivity index (χ2n) is 1.11. The van der Waals surface area contributed by atoms with Crippen LogP contribution in [0, 0.1) is 0 Å². The smallest absolute Gasteiger partial charge is 0.366 e. The van der Waals surface area contributed by atoms with Crippen molar-refractivity contribution >= 4 is 16.3 Å². The quantitative estimate of drug-likeness (QED) is 0.218. The van der Waals surface area contributed by atoms with Crippen LogP contribution < -0.4 is 5.73 Å². The molecular formula is C3H7NO6S. The summed E-state index contributed by atoms with van der Waals surface area (Å²) in [7, 11) is -4.61. The molecule has 0 radical (unpaired) electrons. The molecule has 4 N–H and O–H groups in total. The summed E-state index contributed by atoms with van der Waals surface area (Å²) < 4.78 is 28.0. The van der Waals surface area contributed by atoms with Crippen LogP contribution in [-0.4, -0.2) is 24.1 Å². The van der Waals surface area contributed by atoms with Gasteiger partial charge in [-0.3, -0.25) is 9.35 Å². The Kier molecular flexibility index (Phi) is 6.69. The molecule has 0 rings (SSSR count). The lowest BCUT2D eigenvalue weighted by Crippen LogP contribution is -2.04.